The zero-order chi connectivity index (χ0) is 17.2. The van der Waals surface area contributed by atoms with E-state index in [1.807, 2.05) is 10.9 Å². The first-order chi connectivity index (χ1) is 11.5. The van der Waals surface area contributed by atoms with Crippen molar-refractivity contribution in [1.29, 1.82) is 0 Å². The van der Waals surface area contributed by atoms with Crippen molar-refractivity contribution in [2.75, 3.05) is 6.54 Å². The van der Waals surface area contributed by atoms with Gasteiger partial charge in [-0.15, -0.1) is 0 Å². The van der Waals surface area contributed by atoms with E-state index in [-0.39, 0.29) is 11.4 Å². The highest BCUT2D eigenvalue weighted by atomic mass is 32.2. The minimum Gasteiger partial charge on any atom is -0.268 e. The number of nitro groups is 1. The number of nitrogens with one attached hydrogen (secondary N) is 1. The van der Waals surface area contributed by atoms with Crippen LogP contribution in [0.2, 0.25) is 0 Å². The van der Waals surface area contributed by atoms with Gasteiger partial charge in [-0.2, -0.15) is 5.10 Å². The van der Waals surface area contributed by atoms with Crippen LogP contribution in [0.1, 0.15) is 24.1 Å². The Hall–Kier alpha value is -2.26. The lowest BCUT2D eigenvalue weighted by Gasteiger charge is -2.14. The average molecular weight is 350 g/mol. The van der Waals surface area contributed by atoms with E-state index in [0.29, 0.717) is 6.54 Å². The third-order valence-corrected chi connectivity index (χ3v) is 5.62. The molecule has 0 spiro atoms. The number of hydrogen-bond acceptors (Lipinski definition) is 5. The summed E-state index contributed by atoms with van der Waals surface area (Å²) in [5.74, 6) is 0. The van der Waals surface area contributed by atoms with Gasteiger partial charge in [-0.3, -0.25) is 14.8 Å². The molecule has 24 heavy (non-hydrogen) atoms. The lowest BCUT2D eigenvalue weighted by molar-refractivity contribution is -0.387. The summed E-state index contributed by atoms with van der Waals surface area (Å²) in [6.07, 6.45) is 6.07. The first-order valence-electron chi connectivity index (χ1n) is 7.76. The van der Waals surface area contributed by atoms with Crippen molar-refractivity contribution in [2.24, 2.45) is 0 Å². The van der Waals surface area contributed by atoms with Gasteiger partial charge < -0.3 is 0 Å². The Morgan fingerprint density at radius 1 is 1.25 bits per heavy atom. The minimum atomic E-state index is -3.94. The SMILES string of the molecule is O=[N+]([O-])c1ccccc1S(=O)(=O)NCCn1ncc2c1CCCC2. The lowest BCUT2D eigenvalue weighted by Crippen LogP contribution is -2.28. The maximum absolute atomic E-state index is 12.3. The number of hydrogen-bond donors (Lipinski definition) is 1. The Bertz CT molecular complexity index is 860. The molecule has 0 fully saturated rings. The van der Waals surface area contributed by atoms with Crippen molar-refractivity contribution in [1.82, 2.24) is 14.5 Å². The van der Waals surface area contributed by atoms with Gasteiger partial charge in [0.05, 0.1) is 17.7 Å². The molecule has 0 radical (unpaired) electrons. The maximum Gasteiger partial charge on any atom is 0.289 e. The van der Waals surface area contributed by atoms with Crippen LogP contribution in [0.25, 0.3) is 0 Å². The second-order valence-corrected chi connectivity index (χ2v) is 7.40. The summed E-state index contributed by atoms with van der Waals surface area (Å²) in [5.41, 5.74) is 1.95. The monoisotopic (exact) mass is 350 g/mol. The average Bonchev–Trinajstić information content (AvgIpc) is 2.98. The van der Waals surface area contributed by atoms with Crippen LogP contribution in [0.3, 0.4) is 0 Å². The molecule has 0 amide bonds. The number of aryl methyl sites for hydroxylation is 1. The summed E-state index contributed by atoms with van der Waals surface area (Å²) in [5, 5.41) is 15.3. The van der Waals surface area contributed by atoms with Crippen LogP contribution in [0.15, 0.2) is 35.4 Å². The molecule has 0 saturated heterocycles. The van der Waals surface area contributed by atoms with Crippen LogP contribution in [0, 0.1) is 10.1 Å². The number of nitro benzene ring substituents is 1. The van der Waals surface area contributed by atoms with Crippen LogP contribution < -0.4 is 4.72 Å². The van der Waals surface area contributed by atoms with Crippen LogP contribution >= 0.6 is 0 Å². The predicted octanol–water partition coefficient (Wildman–Crippen LogP) is 1.65. The second-order valence-electron chi connectivity index (χ2n) is 5.67. The Balaban J connectivity index is 1.70. The molecule has 0 saturated carbocycles. The van der Waals surface area contributed by atoms with Gasteiger partial charge in [0.15, 0.2) is 4.90 Å². The third-order valence-electron chi connectivity index (χ3n) is 4.11. The highest BCUT2D eigenvalue weighted by molar-refractivity contribution is 7.89. The molecule has 8 nitrogen and oxygen atoms in total. The molecule has 1 aliphatic rings. The largest absolute Gasteiger partial charge is 0.289 e. The number of aromatic nitrogens is 2. The zero-order valence-electron chi connectivity index (χ0n) is 13.0. The number of para-hydroxylation sites is 1. The molecule has 128 valence electrons. The van der Waals surface area contributed by atoms with Crippen LogP contribution in [-0.4, -0.2) is 29.7 Å². The van der Waals surface area contributed by atoms with Gasteiger partial charge in [-0.1, -0.05) is 12.1 Å². The smallest absolute Gasteiger partial charge is 0.268 e. The highest BCUT2D eigenvalue weighted by Gasteiger charge is 2.24. The van der Waals surface area contributed by atoms with Crippen LogP contribution in [0.5, 0.6) is 0 Å². The van der Waals surface area contributed by atoms with E-state index in [1.54, 1.807) is 0 Å². The first-order valence-corrected chi connectivity index (χ1v) is 9.24. The van der Waals surface area contributed by atoms with E-state index in [0.717, 1.165) is 31.4 Å². The summed E-state index contributed by atoms with van der Waals surface area (Å²) < 4.78 is 28.9. The Morgan fingerprint density at radius 2 is 2.00 bits per heavy atom. The molecule has 2 aromatic rings. The third kappa shape index (κ3) is 3.31. The zero-order valence-corrected chi connectivity index (χ0v) is 13.8. The van der Waals surface area contributed by atoms with Gasteiger partial charge in [0, 0.05) is 18.3 Å². The molecule has 1 aromatic carbocycles. The normalized spacial score (nSPS) is 14.3. The summed E-state index contributed by atoms with van der Waals surface area (Å²) >= 11 is 0. The van der Waals surface area contributed by atoms with Crippen molar-refractivity contribution in [2.45, 2.75) is 37.1 Å². The Kier molecular flexibility index (Phi) is 4.63. The van der Waals surface area contributed by atoms with Crippen LogP contribution in [0.4, 0.5) is 5.69 Å². The van der Waals surface area contributed by atoms with Gasteiger partial charge in [0.1, 0.15) is 0 Å². The van der Waals surface area contributed by atoms with E-state index < -0.39 is 20.6 Å². The summed E-state index contributed by atoms with van der Waals surface area (Å²) in [6.45, 7) is 0.525. The summed E-state index contributed by atoms with van der Waals surface area (Å²) in [4.78, 5) is 9.97. The number of sulfonamides is 1. The van der Waals surface area contributed by atoms with Gasteiger partial charge in [0.25, 0.3) is 5.69 Å². The molecule has 1 aromatic heterocycles. The van der Waals surface area contributed by atoms with E-state index in [1.165, 1.54) is 29.8 Å². The summed E-state index contributed by atoms with van der Waals surface area (Å²) in [6, 6.07) is 5.31. The van der Waals surface area contributed by atoms with Crippen LogP contribution in [-0.2, 0) is 29.4 Å². The van der Waals surface area contributed by atoms with Crippen molar-refractivity contribution in [3.8, 4) is 0 Å². The van der Waals surface area contributed by atoms with Gasteiger partial charge in [0.2, 0.25) is 10.0 Å². The molecule has 0 atom stereocenters. The number of fused-ring (bicyclic) bond motifs is 1. The van der Waals surface area contributed by atoms with Gasteiger partial charge >= 0.3 is 0 Å². The molecule has 1 N–H and O–H groups in total. The molecule has 9 heteroatoms. The fourth-order valence-corrected chi connectivity index (χ4v) is 4.14. The van der Waals surface area contributed by atoms with E-state index in [9.17, 15) is 18.5 Å². The van der Waals surface area contributed by atoms with Gasteiger partial charge in [-0.05, 0) is 37.3 Å². The second kappa shape index (κ2) is 6.70. The van der Waals surface area contributed by atoms with Crippen molar-refractivity contribution in [3.63, 3.8) is 0 Å². The van der Waals surface area contributed by atoms with E-state index in [2.05, 4.69) is 9.82 Å². The quantitative estimate of drug-likeness (QED) is 0.629. The highest BCUT2D eigenvalue weighted by Crippen LogP contribution is 2.23. The van der Waals surface area contributed by atoms with Crippen molar-refractivity contribution < 1.29 is 13.3 Å². The van der Waals surface area contributed by atoms with E-state index >= 15 is 0 Å². The Labute approximate surface area is 139 Å². The summed E-state index contributed by atoms with van der Waals surface area (Å²) in [7, 11) is -3.94. The molecule has 3 rings (SSSR count). The molecule has 0 aliphatic heterocycles. The fourth-order valence-electron chi connectivity index (χ4n) is 2.95. The fraction of sp³-hybridized carbons (Fsp3) is 0.400. The predicted molar refractivity (Wildman–Crippen MR) is 87.2 cm³/mol. The molecule has 1 heterocycles. The van der Waals surface area contributed by atoms with Crippen molar-refractivity contribution in [3.05, 3.63) is 51.8 Å². The molecule has 1 aliphatic carbocycles. The molecule has 0 unspecified atom stereocenters. The first kappa shape index (κ1) is 16.6. The minimum absolute atomic E-state index is 0.127. The topological polar surface area (TPSA) is 107 Å². The number of rotatable bonds is 6. The lowest BCUT2D eigenvalue weighted by atomic mass is 9.98. The molecule has 0 bridgehead atoms. The molecular formula is C15H18N4O4S. The Morgan fingerprint density at radius 3 is 2.79 bits per heavy atom. The molecular weight excluding hydrogens is 332 g/mol. The van der Waals surface area contributed by atoms with Gasteiger partial charge in [-0.25, -0.2) is 13.1 Å². The number of nitrogens with zero attached hydrogens (tertiary/aromatic N) is 3. The van der Waals surface area contributed by atoms with E-state index in [4.69, 9.17) is 0 Å². The number of benzene rings is 1. The van der Waals surface area contributed by atoms with Crippen molar-refractivity contribution >= 4 is 15.7 Å². The standard InChI is InChI=1S/C15H18N4O4S/c20-19(21)14-7-3-4-8-15(14)24(22,23)17-9-10-18-13-6-2-1-5-12(13)11-16-18/h3-4,7-8,11,17H,1-2,5-6,9-10H2. The maximum atomic E-state index is 12.3.